The zero-order chi connectivity index (χ0) is 22.9. The largest absolute Gasteiger partial charge is 0.493 e. The fourth-order valence-electron chi connectivity index (χ4n) is 3.41. The van der Waals surface area contributed by atoms with Crippen LogP contribution in [0.25, 0.3) is 17.2 Å². The van der Waals surface area contributed by atoms with E-state index >= 15 is 0 Å². The molecular formula is C28H31NO3. The zero-order valence-electron chi connectivity index (χ0n) is 19.3. The molecule has 32 heavy (non-hydrogen) atoms. The van der Waals surface area contributed by atoms with Crippen molar-refractivity contribution in [3.8, 4) is 22.6 Å². The number of ketones is 1. The lowest BCUT2D eigenvalue weighted by atomic mass is 9.97. The number of hydrogen-bond acceptors (Lipinski definition) is 4. The van der Waals surface area contributed by atoms with E-state index < -0.39 is 0 Å². The molecule has 0 aliphatic heterocycles. The monoisotopic (exact) mass is 429 g/mol. The molecule has 3 aromatic rings. The lowest BCUT2D eigenvalue weighted by Gasteiger charge is -2.15. The van der Waals surface area contributed by atoms with E-state index in [9.17, 15) is 4.79 Å². The summed E-state index contributed by atoms with van der Waals surface area (Å²) in [6.45, 7) is 5.86. The Kier molecular flexibility index (Phi) is 8.23. The summed E-state index contributed by atoms with van der Waals surface area (Å²) in [4.78, 5) is 15.3. The second kappa shape index (κ2) is 11.3. The van der Waals surface area contributed by atoms with Crippen molar-refractivity contribution in [2.45, 2.75) is 13.8 Å². The lowest BCUT2D eigenvalue weighted by molar-refractivity contribution is 0.104. The summed E-state index contributed by atoms with van der Waals surface area (Å²) in [5, 5.41) is 0. The Labute approximate surface area is 191 Å². The van der Waals surface area contributed by atoms with E-state index in [0.29, 0.717) is 24.5 Å². The molecule has 0 atom stereocenters. The van der Waals surface area contributed by atoms with Crippen LogP contribution in [0.15, 0.2) is 72.8 Å². The Morgan fingerprint density at radius 3 is 2.44 bits per heavy atom. The predicted molar refractivity (Wildman–Crippen MR) is 132 cm³/mol. The smallest absolute Gasteiger partial charge is 0.189 e. The van der Waals surface area contributed by atoms with Crippen LogP contribution in [0.3, 0.4) is 0 Å². The topological polar surface area (TPSA) is 38.8 Å². The van der Waals surface area contributed by atoms with Crippen molar-refractivity contribution in [2.75, 3.05) is 33.9 Å². The summed E-state index contributed by atoms with van der Waals surface area (Å²) in [7, 11) is 3.99. The van der Waals surface area contributed by atoms with Gasteiger partial charge in [-0.15, -0.1) is 0 Å². The Bertz CT molecular complexity index is 1090. The van der Waals surface area contributed by atoms with Crippen molar-refractivity contribution in [3.63, 3.8) is 0 Å². The highest BCUT2D eigenvalue weighted by Gasteiger charge is 2.14. The number of likely N-dealkylation sites (N-methyl/N-ethyl adjacent to an activating group) is 1. The first-order valence-electron chi connectivity index (χ1n) is 10.9. The molecule has 3 aromatic carbocycles. The number of rotatable bonds is 10. The molecule has 0 N–H and O–H groups in total. The molecular weight excluding hydrogens is 398 g/mol. The molecule has 0 saturated heterocycles. The first-order chi connectivity index (χ1) is 15.5. The third-order valence-electron chi connectivity index (χ3n) is 5.13. The van der Waals surface area contributed by atoms with E-state index in [0.717, 1.165) is 34.5 Å². The van der Waals surface area contributed by atoms with Gasteiger partial charge in [0.2, 0.25) is 0 Å². The normalized spacial score (nSPS) is 11.2. The van der Waals surface area contributed by atoms with Crippen molar-refractivity contribution >= 4 is 11.9 Å². The molecule has 0 aliphatic carbocycles. The lowest BCUT2D eigenvalue weighted by Crippen LogP contribution is -2.20. The quantitative estimate of drug-likeness (QED) is 0.297. The highest BCUT2D eigenvalue weighted by molar-refractivity contribution is 6.09. The molecule has 0 radical (unpaired) electrons. The van der Waals surface area contributed by atoms with E-state index in [-0.39, 0.29) is 5.78 Å². The van der Waals surface area contributed by atoms with Crippen molar-refractivity contribution in [2.24, 2.45) is 0 Å². The maximum absolute atomic E-state index is 13.3. The van der Waals surface area contributed by atoms with Gasteiger partial charge in [0.05, 0.1) is 12.2 Å². The van der Waals surface area contributed by atoms with Crippen molar-refractivity contribution in [1.82, 2.24) is 4.90 Å². The van der Waals surface area contributed by atoms with E-state index in [1.807, 2.05) is 80.5 Å². The molecule has 4 nitrogen and oxygen atoms in total. The van der Waals surface area contributed by atoms with Crippen molar-refractivity contribution < 1.29 is 14.3 Å². The molecule has 0 unspecified atom stereocenters. The fourth-order valence-corrected chi connectivity index (χ4v) is 3.41. The highest BCUT2D eigenvalue weighted by Crippen LogP contribution is 2.30. The standard InChI is InChI=1S/C28H31NO3/c1-5-31-27-13-9-7-11-22(27)14-16-26(30)25-20-23(24-12-8-6-10-21(24)2)15-17-28(25)32-19-18-29(3)4/h6-17,20H,5,18-19H2,1-4H3/b16-14+. The van der Waals surface area contributed by atoms with E-state index in [4.69, 9.17) is 9.47 Å². The maximum Gasteiger partial charge on any atom is 0.189 e. The number of ether oxygens (including phenoxy) is 2. The predicted octanol–water partition coefficient (Wildman–Crippen LogP) is 5.90. The van der Waals surface area contributed by atoms with Gasteiger partial charge >= 0.3 is 0 Å². The number of para-hydroxylation sites is 1. The van der Waals surface area contributed by atoms with Crippen LogP contribution in [0.2, 0.25) is 0 Å². The van der Waals surface area contributed by atoms with Crippen LogP contribution in [0, 0.1) is 6.92 Å². The molecule has 0 aliphatic rings. The number of hydrogen-bond donors (Lipinski definition) is 0. The summed E-state index contributed by atoms with van der Waals surface area (Å²) in [5.74, 6) is 1.25. The third kappa shape index (κ3) is 6.08. The molecule has 0 heterocycles. The van der Waals surface area contributed by atoms with Crippen LogP contribution in [0.1, 0.15) is 28.4 Å². The van der Waals surface area contributed by atoms with E-state index in [2.05, 4.69) is 19.1 Å². The number of carbonyl (C=O) groups excluding carboxylic acids is 1. The average Bonchev–Trinajstić information content (AvgIpc) is 2.79. The fraction of sp³-hybridized carbons (Fsp3) is 0.250. The van der Waals surface area contributed by atoms with Crippen LogP contribution in [0.5, 0.6) is 11.5 Å². The summed E-state index contributed by atoms with van der Waals surface area (Å²) in [6.07, 6.45) is 3.39. The van der Waals surface area contributed by atoms with Crippen LogP contribution in [-0.4, -0.2) is 44.5 Å². The van der Waals surface area contributed by atoms with Gasteiger partial charge in [-0.3, -0.25) is 4.79 Å². The Morgan fingerprint density at radius 1 is 0.938 bits per heavy atom. The molecule has 0 aromatic heterocycles. The minimum absolute atomic E-state index is 0.105. The Hall–Kier alpha value is -3.37. The van der Waals surface area contributed by atoms with Gasteiger partial charge in [0.1, 0.15) is 18.1 Å². The summed E-state index contributed by atoms with van der Waals surface area (Å²) in [6, 6.07) is 21.7. The van der Waals surface area contributed by atoms with Crippen LogP contribution in [0.4, 0.5) is 0 Å². The second-order valence-electron chi connectivity index (χ2n) is 7.85. The van der Waals surface area contributed by atoms with Crippen LogP contribution in [-0.2, 0) is 0 Å². The van der Waals surface area contributed by atoms with Gasteiger partial charge in [-0.1, -0.05) is 48.5 Å². The van der Waals surface area contributed by atoms with Gasteiger partial charge in [-0.05, 0) is 75.0 Å². The van der Waals surface area contributed by atoms with Gasteiger partial charge in [0, 0.05) is 12.1 Å². The summed E-state index contributed by atoms with van der Waals surface area (Å²) >= 11 is 0. The molecule has 4 heteroatoms. The van der Waals surface area contributed by atoms with Crippen molar-refractivity contribution in [3.05, 3.63) is 89.5 Å². The van der Waals surface area contributed by atoms with Gasteiger partial charge in [0.15, 0.2) is 5.78 Å². The van der Waals surface area contributed by atoms with Gasteiger partial charge in [0.25, 0.3) is 0 Å². The van der Waals surface area contributed by atoms with Crippen LogP contribution < -0.4 is 9.47 Å². The highest BCUT2D eigenvalue weighted by atomic mass is 16.5. The molecule has 0 amide bonds. The van der Waals surface area contributed by atoms with Gasteiger partial charge in [-0.25, -0.2) is 0 Å². The third-order valence-corrected chi connectivity index (χ3v) is 5.13. The minimum atomic E-state index is -0.105. The SMILES string of the molecule is CCOc1ccccc1/C=C/C(=O)c1cc(-c2ccccc2C)ccc1OCCN(C)C. The Morgan fingerprint density at radius 2 is 1.69 bits per heavy atom. The van der Waals surface area contributed by atoms with Crippen LogP contribution >= 0.6 is 0 Å². The second-order valence-corrected chi connectivity index (χ2v) is 7.85. The first kappa shape index (κ1) is 23.3. The molecule has 0 fully saturated rings. The molecule has 0 spiro atoms. The van der Waals surface area contributed by atoms with Gasteiger partial charge in [-0.2, -0.15) is 0 Å². The molecule has 0 saturated carbocycles. The summed E-state index contributed by atoms with van der Waals surface area (Å²) < 4.78 is 11.7. The van der Waals surface area contributed by atoms with Gasteiger partial charge < -0.3 is 14.4 Å². The number of allylic oxidation sites excluding steroid dienone is 1. The molecule has 166 valence electrons. The summed E-state index contributed by atoms with van der Waals surface area (Å²) in [5.41, 5.74) is 4.68. The number of benzene rings is 3. The Balaban J connectivity index is 1.94. The first-order valence-corrected chi connectivity index (χ1v) is 10.9. The average molecular weight is 430 g/mol. The van der Waals surface area contributed by atoms with Crippen molar-refractivity contribution in [1.29, 1.82) is 0 Å². The minimum Gasteiger partial charge on any atom is -0.493 e. The molecule has 0 bridgehead atoms. The maximum atomic E-state index is 13.3. The number of carbonyl (C=O) groups is 1. The number of nitrogens with zero attached hydrogens (tertiary/aromatic N) is 1. The number of aryl methyl sites for hydroxylation is 1. The van der Waals surface area contributed by atoms with E-state index in [1.165, 1.54) is 0 Å². The van der Waals surface area contributed by atoms with E-state index in [1.54, 1.807) is 12.2 Å². The zero-order valence-corrected chi connectivity index (χ0v) is 19.3. The molecule has 3 rings (SSSR count).